The van der Waals surface area contributed by atoms with Crippen molar-refractivity contribution in [3.05, 3.63) is 11.6 Å². The molecule has 16 heavy (non-hydrogen) atoms. The molecule has 1 fully saturated rings. The van der Waals surface area contributed by atoms with Gasteiger partial charge in [0.05, 0.1) is 0 Å². The number of rotatable bonds is 5. The fourth-order valence-corrected chi connectivity index (χ4v) is 1.91. The summed E-state index contributed by atoms with van der Waals surface area (Å²) in [7, 11) is 2.04. The molecule has 0 atom stereocenters. The molecule has 4 heteroatoms. The molecule has 1 rings (SSSR count). The summed E-state index contributed by atoms with van der Waals surface area (Å²) in [6.07, 6.45) is 4.48. The second-order valence-corrected chi connectivity index (χ2v) is 4.17. The molecule has 0 aromatic carbocycles. The summed E-state index contributed by atoms with van der Waals surface area (Å²) in [5.41, 5.74) is 0.499. The molecule has 0 spiro atoms. The molecule has 0 amide bonds. The molecule has 0 aromatic rings. The van der Waals surface area contributed by atoms with Gasteiger partial charge in [-0.2, -0.15) is 0 Å². The lowest BCUT2D eigenvalue weighted by atomic mass is 10.1. The van der Waals surface area contributed by atoms with E-state index in [0.717, 1.165) is 26.1 Å². The average molecular weight is 227 g/mol. The molecule has 1 N–H and O–H groups in total. The Morgan fingerprint density at radius 1 is 1.50 bits per heavy atom. The molecule has 1 aliphatic rings. The van der Waals surface area contributed by atoms with Crippen molar-refractivity contribution in [2.45, 2.75) is 32.2 Å². The first-order valence-electron chi connectivity index (χ1n) is 5.85. The third-order valence-electron chi connectivity index (χ3n) is 3.10. The van der Waals surface area contributed by atoms with Crippen molar-refractivity contribution < 1.29 is 14.6 Å². The van der Waals surface area contributed by atoms with Crippen molar-refractivity contribution >= 4 is 5.97 Å². The summed E-state index contributed by atoms with van der Waals surface area (Å²) in [5.74, 6) is -0.803. The van der Waals surface area contributed by atoms with Crippen LogP contribution in [0.25, 0.3) is 0 Å². The maximum absolute atomic E-state index is 10.8. The molecule has 0 saturated carbocycles. The summed E-state index contributed by atoms with van der Waals surface area (Å²) in [6, 6.07) is 0.525. The van der Waals surface area contributed by atoms with Crippen LogP contribution >= 0.6 is 0 Å². The number of hydrogen-bond donors (Lipinski definition) is 1. The Morgan fingerprint density at radius 3 is 2.62 bits per heavy atom. The van der Waals surface area contributed by atoms with E-state index in [4.69, 9.17) is 9.84 Å². The van der Waals surface area contributed by atoms with E-state index >= 15 is 0 Å². The van der Waals surface area contributed by atoms with Crippen molar-refractivity contribution in [1.82, 2.24) is 4.90 Å². The first-order chi connectivity index (χ1) is 7.65. The molecular weight excluding hydrogens is 206 g/mol. The monoisotopic (exact) mass is 227 g/mol. The molecule has 0 bridgehead atoms. The minimum absolute atomic E-state index is 0.499. The highest BCUT2D eigenvalue weighted by molar-refractivity contribution is 5.86. The number of ether oxygens (including phenoxy) is 1. The van der Waals surface area contributed by atoms with E-state index in [1.54, 1.807) is 0 Å². The Bertz CT molecular complexity index is 257. The normalized spacial score (nSPS) is 19.1. The van der Waals surface area contributed by atoms with Crippen LogP contribution in [-0.4, -0.2) is 48.8 Å². The summed E-state index contributed by atoms with van der Waals surface area (Å²) in [6.45, 7) is 4.21. The number of aliphatic carboxylic acids is 1. The third kappa shape index (κ3) is 3.94. The Hall–Kier alpha value is -0.870. The van der Waals surface area contributed by atoms with E-state index in [-0.39, 0.29) is 0 Å². The van der Waals surface area contributed by atoms with Crippen LogP contribution in [0.4, 0.5) is 0 Å². The van der Waals surface area contributed by atoms with Gasteiger partial charge in [0.1, 0.15) is 0 Å². The van der Waals surface area contributed by atoms with Crippen molar-refractivity contribution in [2.24, 2.45) is 0 Å². The molecule has 0 aromatic heterocycles. The van der Waals surface area contributed by atoms with Crippen molar-refractivity contribution in [3.8, 4) is 0 Å². The molecule has 0 aliphatic carbocycles. The molecule has 4 nitrogen and oxygen atoms in total. The van der Waals surface area contributed by atoms with Crippen LogP contribution in [-0.2, 0) is 9.53 Å². The van der Waals surface area contributed by atoms with Crippen molar-refractivity contribution in [1.29, 1.82) is 0 Å². The van der Waals surface area contributed by atoms with E-state index in [0.29, 0.717) is 24.6 Å². The first kappa shape index (κ1) is 13.2. The number of hydrogen-bond acceptors (Lipinski definition) is 3. The van der Waals surface area contributed by atoms with Gasteiger partial charge in [0.15, 0.2) is 0 Å². The number of nitrogens with zero attached hydrogens (tertiary/aromatic N) is 1. The van der Waals surface area contributed by atoms with Gasteiger partial charge in [0, 0.05) is 31.4 Å². The lowest BCUT2D eigenvalue weighted by Crippen LogP contribution is -2.36. The van der Waals surface area contributed by atoms with Crippen LogP contribution in [0.3, 0.4) is 0 Å². The highest BCUT2D eigenvalue weighted by Crippen LogP contribution is 2.13. The minimum atomic E-state index is -0.803. The topological polar surface area (TPSA) is 49.8 Å². The predicted molar refractivity (Wildman–Crippen MR) is 62.5 cm³/mol. The fourth-order valence-electron chi connectivity index (χ4n) is 1.91. The van der Waals surface area contributed by atoms with Gasteiger partial charge in [-0.3, -0.25) is 4.90 Å². The molecular formula is C12H21NO3. The number of carboxylic acid groups (broad SMARTS) is 1. The van der Waals surface area contributed by atoms with E-state index in [2.05, 4.69) is 4.90 Å². The third-order valence-corrected chi connectivity index (χ3v) is 3.10. The summed E-state index contributed by atoms with van der Waals surface area (Å²) in [4.78, 5) is 13.0. The van der Waals surface area contributed by atoms with Crippen molar-refractivity contribution in [2.75, 3.05) is 26.8 Å². The smallest absolute Gasteiger partial charge is 0.331 e. The Kier molecular flexibility index (Phi) is 5.49. The quantitative estimate of drug-likeness (QED) is 0.723. The van der Waals surface area contributed by atoms with Crippen LogP contribution in [0, 0.1) is 0 Å². The van der Waals surface area contributed by atoms with Crippen LogP contribution in [0.5, 0.6) is 0 Å². The first-order valence-corrected chi connectivity index (χ1v) is 5.85. The summed E-state index contributed by atoms with van der Waals surface area (Å²) in [5, 5.41) is 8.89. The highest BCUT2D eigenvalue weighted by atomic mass is 16.5. The SMILES string of the molecule is CCC(=CCN(C)C1CCOCC1)C(=O)O. The highest BCUT2D eigenvalue weighted by Gasteiger charge is 2.17. The van der Waals surface area contributed by atoms with Gasteiger partial charge >= 0.3 is 5.97 Å². The fraction of sp³-hybridized carbons (Fsp3) is 0.750. The summed E-state index contributed by atoms with van der Waals surface area (Å²) >= 11 is 0. The Balaban J connectivity index is 2.43. The standard InChI is InChI=1S/C12H21NO3/c1-3-10(12(14)15)4-7-13(2)11-5-8-16-9-6-11/h4,11H,3,5-9H2,1-2H3,(H,14,15). The van der Waals surface area contributed by atoms with Crippen molar-refractivity contribution in [3.63, 3.8) is 0 Å². The van der Waals surface area contributed by atoms with Gasteiger partial charge < -0.3 is 9.84 Å². The predicted octanol–water partition coefficient (Wildman–Crippen LogP) is 1.52. The second kappa shape index (κ2) is 6.66. The average Bonchev–Trinajstić information content (AvgIpc) is 2.30. The maximum atomic E-state index is 10.8. The molecule has 1 aliphatic heterocycles. The molecule has 0 unspecified atom stereocenters. The number of carbonyl (C=O) groups is 1. The number of likely N-dealkylation sites (N-methyl/N-ethyl adjacent to an activating group) is 1. The molecule has 1 heterocycles. The molecule has 1 saturated heterocycles. The zero-order chi connectivity index (χ0) is 12.0. The van der Waals surface area contributed by atoms with Gasteiger partial charge in [-0.25, -0.2) is 4.79 Å². The van der Waals surface area contributed by atoms with Crippen LogP contribution in [0.15, 0.2) is 11.6 Å². The summed E-state index contributed by atoms with van der Waals surface area (Å²) < 4.78 is 5.30. The van der Waals surface area contributed by atoms with Gasteiger partial charge in [0.25, 0.3) is 0 Å². The van der Waals surface area contributed by atoms with Crippen LogP contribution < -0.4 is 0 Å². The second-order valence-electron chi connectivity index (χ2n) is 4.17. The lowest BCUT2D eigenvalue weighted by molar-refractivity contribution is -0.132. The lowest BCUT2D eigenvalue weighted by Gasteiger charge is -2.30. The van der Waals surface area contributed by atoms with Gasteiger partial charge in [-0.05, 0) is 26.3 Å². The minimum Gasteiger partial charge on any atom is -0.478 e. The van der Waals surface area contributed by atoms with Crippen LogP contribution in [0.1, 0.15) is 26.2 Å². The zero-order valence-corrected chi connectivity index (χ0v) is 10.1. The number of carboxylic acids is 1. The Morgan fingerprint density at radius 2 is 2.12 bits per heavy atom. The molecule has 0 radical (unpaired) electrons. The van der Waals surface area contributed by atoms with Crippen LogP contribution in [0.2, 0.25) is 0 Å². The largest absolute Gasteiger partial charge is 0.478 e. The maximum Gasteiger partial charge on any atom is 0.331 e. The van der Waals surface area contributed by atoms with Gasteiger partial charge in [-0.15, -0.1) is 0 Å². The van der Waals surface area contributed by atoms with E-state index in [1.165, 1.54) is 0 Å². The van der Waals surface area contributed by atoms with E-state index in [9.17, 15) is 4.79 Å². The van der Waals surface area contributed by atoms with Gasteiger partial charge in [0.2, 0.25) is 0 Å². The van der Waals surface area contributed by atoms with E-state index in [1.807, 2.05) is 20.0 Å². The van der Waals surface area contributed by atoms with E-state index < -0.39 is 5.97 Å². The van der Waals surface area contributed by atoms with Gasteiger partial charge in [-0.1, -0.05) is 13.0 Å². The zero-order valence-electron chi connectivity index (χ0n) is 10.1. The Labute approximate surface area is 96.9 Å². The molecule has 92 valence electrons.